The minimum Gasteiger partial charge on any atom is -0.325 e. The van der Waals surface area contributed by atoms with Gasteiger partial charge in [0.05, 0.1) is 6.42 Å². The van der Waals surface area contributed by atoms with Crippen molar-refractivity contribution in [1.29, 1.82) is 0 Å². The quantitative estimate of drug-likeness (QED) is 0.189. The maximum absolute atomic E-state index is 11.2. The van der Waals surface area contributed by atoms with E-state index in [9.17, 15) is 14.4 Å². The SMILES string of the molecule is CN1C(=O)CC(NC(=O)NN)C1=O. The summed E-state index contributed by atoms with van der Waals surface area (Å²) in [5.74, 6) is 4.06. The van der Waals surface area contributed by atoms with Crippen molar-refractivity contribution in [2.75, 3.05) is 7.05 Å². The number of likely N-dealkylation sites (tertiary alicyclic amines) is 1. The van der Waals surface area contributed by atoms with Gasteiger partial charge < -0.3 is 5.32 Å². The van der Waals surface area contributed by atoms with E-state index >= 15 is 0 Å². The van der Waals surface area contributed by atoms with Crippen molar-refractivity contribution in [2.45, 2.75) is 12.5 Å². The van der Waals surface area contributed by atoms with Crippen molar-refractivity contribution in [1.82, 2.24) is 15.6 Å². The molecule has 72 valence electrons. The lowest BCUT2D eigenvalue weighted by molar-refractivity contribution is -0.137. The Labute approximate surface area is 74.2 Å². The first-order chi connectivity index (χ1) is 6.06. The predicted molar refractivity (Wildman–Crippen MR) is 42.0 cm³/mol. The molecule has 7 nitrogen and oxygen atoms in total. The summed E-state index contributed by atoms with van der Waals surface area (Å²) in [4.78, 5) is 33.8. The van der Waals surface area contributed by atoms with Gasteiger partial charge in [0, 0.05) is 7.05 Å². The molecule has 0 aromatic carbocycles. The number of likely N-dealkylation sites (N-methyl/N-ethyl adjacent to an activating group) is 1. The summed E-state index contributed by atoms with van der Waals surface area (Å²) in [6.07, 6.45) is -0.0112. The van der Waals surface area contributed by atoms with E-state index in [1.165, 1.54) is 7.05 Å². The fourth-order valence-electron chi connectivity index (χ4n) is 1.07. The molecule has 0 aromatic heterocycles. The van der Waals surface area contributed by atoms with Crippen LogP contribution >= 0.6 is 0 Å². The first-order valence-electron chi connectivity index (χ1n) is 3.63. The largest absolute Gasteiger partial charge is 0.329 e. The van der Waals surface area contributed by atoms with Crippen LogP contribution in [-0.2, 0) is 9.59 Å². The Morgan fingerprint density at radius 2 is 2.23 bits per heavy atom. The lowest BCUT2D eigenvalue weighted by atomic mass is 10.2. The third-order valence-corrected chi connectivity index (χ3v) is 1.82. The summed E-state index contributed by atoms with van der Waals surface area (Å²) in [5, 5.41) is 2.25. The number of amides is 4. The first kappa shape index (κ1) is 9.46. The van der Waals surface area contributed by atoms with E-state index < -0.39 is 18.0 Å². The molecule has 1 aliphatic heterocycles. The van der Waals surface area contributed by atoms with Gasteiger partial charge >= 0.3 is 6.03 Å². The van der Waals surface area contributed by atoms with Crippen LogP contribution in [0.15, 0.2) is 0 Å². The lowest BCUT2D eigenvalue weighted by Crippen LogP contribution is -2.47. The molecule has 13 heavy (non-hydrogen) atoms. The molecule has 0 aromatic rings. The van der Waals surface area contributed by atoms with Crippen molar-refractivity contribution in [3.8, 4) is 0 Å². The number of nitrogens with one attached hydrogen (secondary N) is 2. The van der Waals surface area contributed by atoms with Crippen molar-refractivity contribution < 1.29 is 14.4 Å². The molecule has 1 rings (SSSR count). The average molecular weight is 186 g/mol. The third-order valence-electron chi connectivity index (χ3n) is 1.82. The normalized spacial score (nSPS) is 22.0. The van der Waals surface area contributed by atoms with Crippen LogP contribution in [0.1, 0.15) is 6.42 Å². The number of hydrogen-bond acceptors (Lipinski definition) is 4. The van der Waals surface area contributed by atoms with E-state index in [0.29, 0.717) is 0 Å². The standard InChI is InChI=1S/C6H10N4O3/c1-10-4(11)2-3(5(10)12)8-6(13)9-7/h3H,2,7H2,1H3,(H2,8,9,13). The molecule has 1 fully saturated rings. The summed E-state index contributed by atoms with van der Waals surface area (Å²) in [6, 6.07) is -1.47. The fourth-order valence-corrected chi connectivity index (χ4v) is 1.07. The Bertz CT molecular complexity index is 265. The highest BCUT2D eigenvalue weighted by Gasteiger charge is 2.36. The minimum absolute atomic E-state index is 0.0112. The smallest absolute Gasteiger partial charge is 0.325 e. The van der Waals surface area contributed by atoms with Crippen molar-refractivity contribution >= 4 is 17.8 Å². The number of nitrogens with two attached hydrogens (primary N) is 1. The molecule has 1 atom stereocenters. The predicted octanol–water partition coefficient (Wildman–Crippen LogP) is -2.08. The van der Waals surface area contributed by atoms with Crippen molar-refractivity contribution in [3.05, 3.63) is 0 Å². The summed E-state index contributed by atoms with van der Waals surface area (Å²) < 4.78 is 0. The Morgan fingerprint density at radius 1 is 1.62 bits per heavy atom. The number of urea groups is 1. The molecule has 1 aliphatic rings. The highest BCUT2D eigenvalue weighted by atomic mass is 16.2. The number of rotatable bonds is 1. The summed E-state index contributed by atoms with van der Waals surface area (Å²) in [6.45, 7) is 0. The second-order valence-corrected chi connectivity index (χ2v) is 2.67. The van der Waals surface area contributed by atoms with Gasteiger partial charge in [0.25, 0.3) is 5.91 Å². The Morgan fingerprint density at radius 3 is 2.62 bits per heavy atom. The highest BCUT2D eigenvalue weighted by molar-refractivity contribution is 6.06. The molecule has 0 radical (unpaired) electrons. The van der Waals surface area contributed by atoms with Gasteiger partial charge in [-0.05, 0) is 0 Å². The first-order valence-corrected chi connectivity index (χ1v) is 3.63. The molecular formula is C6H10N4O3. The van der Waals surface area contributed by atoms with Gasteiger partial charge in [-0.25, -0.2) is 10.6 Å². The third kappa shape index (κ3) is 1.75. The monoisotopic (exact) mass is 186 g/mol. The number of hydrogen-bond donors (Lipinski definition) is 3. The van der Waals surface area contributed by atoms with Gasteiger partial charge in [0.1, 0.15) is 6.04 Å². The average Bonchev–Trinajstić information content (AvgIpc) is 2.34. The molecule has 4 N–H and O–H groups in total. The van der Waals surface area contributed by atoms with E-state index in [0.717, 1.165) is 4.90 Å². The van der Waals surface area contributed by atoms with Crippen LogP contribution in [0.3, 0.4) is 0 Å². The van der Waals surface area contributed by atoms with Crippen LogP contribution in [0, 0.1) is 0 Å². The molecule has 1 saturated heterocycles. The topological polar surface area (TPSA) is 105 Å². The Balaban J connectivity index is 2.59. The summed E-state index contributed by atoms with van der Waals surface area (Å²) in [5.41, 5.74) is 1.81. The fraction of sp³-hybridized carbons (Fsp3) is 0.500. The molecule has 1 unspecified atom stereocenters. The van der Waals surface area contributed by atoms with Crippen LogP contribution in [0.4, 0.5) is 4.79 Å². The van der Waals surface area contributed by atoms with Crippen LogP contribution in [0.2, 0.25) is 0 Å². The van der Waals surface area contributed by atoms with E-state index in [-0.39, 0.29) is 12.3 Å². The number of nitrogens with zero attached hydrogens (tertiary/aromatic N) is 1. The molecule has 7 heteroatoms. The van der Waals surface area contributed by atoms with Crippen LogP contribution < -0.4 is 16.6 Å². The van der Waals surface area contributed by atoms with Crippen molar-refractivity contribution in [2.24, 2.45) is 5.84 Å². The van der Waals surface area contributed by atoms with Gasteiger partial charge in [-0.1, -0.05) is 0 Å². The maximum Gasteiger partial charge on any atom is 0.329 e. The minimum atomic E-state index is -0.791. The molecule has 0 bridgehead atoms. The number of hydrazine groups is 1. The zero-order valence-electron chi connectivity index (χ0n) is 7.03. The zero-order chi connectivity index (χ0) is 10.0. The van der Waals surface area contributed by atoms with E-state index in [1.807, 2.05) is 5.43 Å². The number of imide groups is 1. The summed E-state index contributed by atoms with van der Waals surface area (Å²) >= 11 is 0. The molecule has 0 spiro atoms. The number of carbonyl (C=O) groups excluding carboxylic acids is 3. The van der Waals surface area contributed by atoms with Crippen LogP contribution in [-0.4, -0.2) is 35.8 Å². The molecule has 1 heterocycles. The molecule has 0 saturated carbocycles. The molecular weight excluding hydrogens is 176 g/mol. The lowest BCUT2D eigenvalue weighted by Gasteiger charge is -2.09. The van der Waals surface area contributed by atoms with Gasteiger partial charge in [-0.2, -0.15) is 0 Å². The summed E-state index contributed by atoms with van der Waals surface area (Å²) in [7, 11) is 1.37. The van der Waals surface area contributed by atoms with E-state index in [4.69, 9.17) is 5.84 Å². The second-order valence-electron chi connectivity index (χ2n) is 2.67. The highest BCUT2D eigenvalue weighted by Crippen LogP contribution is 2.09. The second kappa shape index (κ2) is 3.40. The van der Waals surface area contributed by atoms with Crippen molar-refractivity contribution in [3.63, 3.8) is 0 Å². The maximum atomic E-state index is 11.2. The number of carbonyl (C=O) groups is 3. The van der Waals surface area contributed by atoms with E-state index in [1.54, 1.807) is 0 Å². The molecule has 4 amide bonds. The molecule has 0 aliphatic carbocycles. The van der Waals surface area contributed by atoms with Gasteiger partial charge in [0.2, 0.25) is 5.91 Å². The Hall–Kier alpha value is -1.63. The van der Waals surface area contributed by atoms with E-state index in [2.05, 4.69) is 5.32 Å². The Kier molecular flexibility index (Phi) is 2.47. The van der Waals surface area contributed by atoms with Gasteiger partial charge in [0.15, 0.2) is 0 Å². The van der Waals surface area contributed by atoms with Crippen LogP contribution in [0.25, 0.3) is 0 Å². The van der Waals surface area contributed by atoms with Gasteiger partial charge in [-0.15, -0.1) is 0 Å². The van der Waals surface area contributed by atoms with Crippen LogP contribution in [0.5, 0.6) is 0 Å². The van der Waals surface area contributed by atoms with Gasteiger partial charge in [-0.3, -0.25) is 19.9 Å². The zero-order valence-corrected chi connectivity index (χ0v) is 7.03.